The number of rotatable bonds is 10. The molecule has 2 saturated heterocycles. The Kier molecular flexibility index (Phi) is 8.16. The van der Waals surface area contributed by atoms with E-state index >= 15 is 0 Å². The first-order valence-corrected chi connectivity index (χ1v) is 11.2. The Bertz CT molecular complexity index is 832. The fourth-order valence-corrected chi connectivity index (χ4v) is 3.89. The van der Waals surface area contributed by atoms with Gasteiger partial charge >= 0.3 is 6.03 Å². The first-order valence-electron chi connectivity index (χ1n) is 10.8. The number of carbonyl (C=O) groups is 2. The van der Waals surface area contributed by atoms with Crippen molar-refractivity contribution in [2.45, 2.75) is 32.2 Å². The topological polar surface area (TPSA) is 110 Å². The maximum absolute atomic E-state index is 12.6. The molecule has 1 aromatic carbocycles. The minimum absolute atomic E-state index is 0.0264. The third-order valence-corrected chi connectivity index (χ3v) is 5.91. The summed E-state index contributed by atoms with van der Waals surface area (Å²) in [7, 11) is 1.61. The lowest BCUT2D eigenvalue weighted by Crippen LogP contribution is -2.65. The summed E-state index contributed by atoms with van der Waals surface area (Å²) in [6.07, 6.45) is -1.46. The Balaban J connectivity index is 1.70. The van der Waals surface area contributed by atoms with Gasteiger partial charge in [-0.2, -0.15) is 0 Å². The molecule has 3 amide bonds. The normalized spacial score (nSPS) is 22.8. The van der Waals surface area contributed by atoms with E-state index in [-0.39, 0.29) is 13.2 Å². The lowest BCUT2D eigenvalue weighted by molar-refractivity contribution is -0.127. The van der Waals surface area contributed by atoms with Gasteiger partial charge in [0.25, 0.3) is 5.91 Å². The van der Waals surface area contributed by atoms with Gasteiger partial charge < -0.3 is 29.9 Å². The molecular weight excluding hydrogens is 436 g/mol. The van der Waals surface area contributed by atoms with Crippen molar-refractivity contribution in [3.8, 4) is 5.75 Å². The van der Waals surface area contributed by atoms with Crippen molar-refractivity contribution in [1.82, 2.24) is 25.3 Å². The number of likely N-dealkylation sites (N-methyl/N-ethyl adjacent to an activating group) is 2. The van der Waals surface area contributed by atoms with Gasteiger partial charge in [0.15, 0.2) is 12.0 Å². The maximum Gasteiger partial charge on any atom is 0.325 e. The molecule has 2 aliphatic heterocycles. The van der Waals surface area contributed by atoms with Crippen molar-refractivity contribution >= 4 is 29.5 Å². The number of halogens is 1. The highest BCUT2D eigenvalue weighted by molar-refractivity contribution is 6.30. The molecule has 3 N–H and O–H groups in total. The fourth-order valence-electron chi connectivity index (χ4n) is 3.76. The lowest BCUT2D eigenvalue weighted by Gasteiger charge is -2.35. The molecule has 3 atom stereocenters. The van der Waals surface area contributed by atoms with E-state index in [1.54, 1.807) is 36.2 Å². The van der Waals surface area contributed by atoms with Crippen molar-refractivity contribution in [3.63, 3.8) is 0 Å². The first kappa shape index (κ1) is 24.1. The van der Waals surface area contributed by atoms with Gasteiger partial charge in [0, 0.05) is 18.6 Å². The molecule has 0 radical (unpaired) electrons. The van der Waals surface area contributed by atoms with Crippen LogP contribution in [0.5, 0.6) is 5.75 Å². The van der Waals surface area contributed by atoms with Crippen molar-refractivity contribution in [2.75, 3.05) is 46.4 Å². The number of β-amino-alcohol motifs (C(OH)–C–C–N with tert-alkyl or cyclic N) is 1. The minimum Gasteiger partial charge on any atom is -0.491 e. The van der Waals surface area contributed by atoms with E-state index in [0.717, 1.165) is 19.6 Å². The standard InChI is InChI=1S/C21H31ClN6O4/c1-4-27(5-2)11-10-23-20-24-18-17(19(30)25-21(31)26(18)3)28(20)12-15(29)13-32-16-8-6-14(22)7-9-16/h6-9,15,17-18,29H,4-5,10-13H2,1-3H3,(H,23,24)(H,25,30,31). The summed E-state index contributed by atoms with van der Waals surface area (Å²) < 4.78 is 5.64. The number of amides is 3. The third-order valence-electron chi connectivity index (χ3n) is 5.66. The van der Waals surface area contributed by atoms with Gasteiger partial charge in [-0.1, -0.05) is 25.4 Å². The number of carbonyl (C=O) groups excluding carboxylic acids is 2. The number of guanidine groups is 1. The predicted molar refractivity (Wildman–Crippen MR) is 122 cm³/mol. The number of benzene rings is 1. The van der Waals surface area contributed by atoms with E-state index in [0.29, 0.717) is 23.3 Å². The maximum atomic E-state index is 12.6. The van der Waals surface area contributed by atoms with E-state index in [1.807, 2.05) is 0 Å². The van der Waals surface area contributed by atoms with E-state index in [4.69, 9.17) is 16.3 Å². The molecule has 2 fully saturated rings. The minimum atomic E-state index is -0.894. The number of hydrogen-bond acceptors (Lipinski definition) is 6. The van der Waals surface area contributed by atoms with Gasteiger partial charge in [-0.15, -0.1) is 0 Å². The van der Waals surface area contributed by atoms with E-state index in [9.17, 15) is 14.7 Å². The Labute approximate surface area is 193 Å². The number of aliphatic hydroxyl groups excluding tert-OH is 1. The molecule has 0 aliphatic carbocycles. The fraction of sp³-hybridized carbons (Fsp3) is 0.571. The number of urea groups is 1. The number of hydrogen-bond donors (Lipinski definition) is 3. The molecule has 1 aromatic rings. The summed E-state index contributed by atoms with van der Waals surface area (Å²) in [6, 6.07) is 5.68. The second kappa shape index (κ2) is 10.8. The molecule has 0 bridgehead atoms. The smallest absolute Gasteiger partial charge is 0.325 e. The number of ether oxygens (including phenoxy) is 1. The average Bonchev–Trinajstić information content (AvgIpc) is 3.13. The number of aliphatic hydroxyl groups is 1. The van der Waals surface area contributed by atoms with Crippen molar-refractivity contribution < 1.29 is 19.4 Å². The number of imide groups is 1. The van der Waals surface area contributed by atoms with Crippen LogP contribution < -0.4 is 15.4 Å². The highest BCUT2D eigenvalue weighted by Gasteiger charge is 2.50. The molecule has 10 nitrogen and oxygen atoms in total. The molecule has 32 heavy (non-hydrogen) atoms. The van der Waals surface area contributed by atoms with Crippen LogP contribution >= 0.6 is 11.6 Å². The zero-order valence-electron chi connectivity index (χ0n) is 18.6. The van der Waals surface area contributed by atoms with Gasteiger partial charge in [0.1, 0.15) is 24.6 Å². The molecule has 0 spiro atoms. The molecular formula is C21H31ClN6O4. The number of nitrogens with one attached hydrogen (secondary N) is 2. The third kappa shape index (κ3) is 5.62. The predicted octanol–water partition coefficient (Wildman–Crippen LogP) is 0.559. The van der Waals surface area contributed by atoms with Crippen LogP contribution in [0.1, 0.15) is 13.8 Å². The molecule has 0 aromatic heterocycles. The molecule has 3 unspecified atom stereocenters. The van der Waals surface area contributed by atoms with Gasteiger partial charge in [0.2, 0.25) is 0 Å². The van der Waals surface area contributed by atoms with Crippen LogP contribution in [0.3, 0.4) is 0 Å². The summed E-state index contributed by atoms with van der Waals surface area (Å²) in [5.41, 5.74) is 0. The number of aliphatic imine (C=N–C) groups is 1. The number of nitrogens with zero attached hydrogens (tertiary/aromatic N) is 4. The average molecular weight is 467 g/mol. The molecule has 2 aliphatic rings. The van der Waals surface area contributed by atoms with Crippen molar-refractivity contribution in [3.05, 3.63) is 29.3 Å². The molecule has 2 heterocycles. The van der Waals surface area contributed by atoms with Crippen LogP contribution in [-0.2, 0) is 4.79 Å². The van der Waals surface area contributed by atoms with Gasteiger partial charge in [-0.05, 0) is 37.4 Å². The van der Waals surface area contributed by atoms with Crippen LogP contribution in [0.2, 0.25) is 5.02 Å². The quantitative estimate of drug-likeness (QED) is 0.462. The molecule has 0 saturated carbocycles. The van der Waals surface area contributed by atoms with Gasteiger partial charge in [-0.3, -0.25) is 15.1 Å². The van der Waals surface area contributed by atoms with Crippen molar-refractivity contribution in [2.24, 2.45) is 4.99 Å². The van der Waals surface area contributed by atoms with Crippen molar-refractivity contribution in [1.29, 1.82) is 0 Å². The Morgan fingerprint density at radius 1 is 1.25 bits per heavy atom. The molecule has 3 rings (SSSR count). The van der Waals surface area contributed by atoms with E-state index in [1.165, 1.54) is 4.90 Å². The molecule has 11 heteroatoms. The molecule has 176 valence electrons. The summed E-state index contributed by atoms with van der Waals surface area (Å²) in [6.45, 7) is 7.45. The van der Waals surface area contributed by atoms with Crippen LogP contribution in [0.25, 0.3) is 0 Å². The summed E-state index contributed by atoms with van der Waals surface area (Å²) in [5.74, 6) is 0.638. The zero-order valence-corrected chi connectivity index (χ0v) is 19.4. The second-order valence-electron chi connectivity index (χ2n) is 7.74. The summed E-state index contributed by atoms with van der Waals surface area (Å²) in [5, 5.41) is 16.8. The van der Waals surface area contributed by atoms with Crippen LogP contribution in [0, 0.1) is 0 Å². The van der Waals surface area contributed by atoms with E-state index < -0.39 is 30.2 Å². The largest absolute Gasteiger partial charge is 0.491 e. The summed E-state index contributed by atoms with van der Waals surface area (Å²) >= 11 is 5.88. The highest BCUT2D eigenvalue weighted by atomic mass is 35.5. The van der Waals surface area contributed by atoms with Gasteiger partial charge in [-0.25, -0.2) is 4.79 Å². The zero-order chi connectivity index (χ0) is 23.3. The number of fused-ring (bicyclic) bond motifs is 1. The Morgan fingerprint density at radius 2 is 1.94 bits per heavy atom. The monoisotopic (exact) mass is 466 g/mol. The van der Waals surface area contributed by atoms with Crippen LogP contribution in [0.4, 0.5) is 4.79 Å². The Hall–Kier alpha value is -2.56. The second-order valence-corrected chi connectivity index (χ2v) is 8.18. The highest BCUT2D eigenvalue weighted by Crippen LogP contribution is 2.21. The summed E-state index contributed by atoms with van der Waals surface area (Å²) in [4.78, 5) is 34.7. The first-order chi connectivity index (χ1) is 15.3. The lowest BCUT2D eigenvalue weighted by atomic mass is 10.1. The van der Waals surface area contributed by atoms with Gasteiger partial charge in [0.05, 0.1) is 13.1 Å². The SMILES string of the molecule is CCN(CC)CCN=C1NC2C(C(=O)NC(=O)N2C)N1CC(O)COc1ccc(Cl)cc1. The van der Waals surface area contributed by atoms with Crippen LogP contribution in [0.15, 0.2) is 29.3 Å². The van der Waals surface area contributed by atoms with E-state index in [2.05, 4.69) is 34.4 Å². The van der Waals surface area contributed by atoms with Crippen LogP contribution in [-0.4, -0.2) is 102 Å². The Morgan fingerprint density at radius 3 is 2.59 bits per heavy atom.